The number of carbonyl (C=O) groups excluding carboxylic acids is 1. The van der Waals surface area contributed by atoms with Crippen molar-refractivity contribution >= 4 is 17.7 Å². The first kappa shape index (κ1) is 62.9. The number of esters is 1. The molecule has 59 heavy (non-hydrogen) atoms. The number of nitrogens with zero attached hydrogens (tertiary/aromatic N) is 1. The summed E-state index contributed by atoms with van der Waals surface area (Å²) in [6.45, 7) is 14.1. The fourth-order valence-corrected chi connectivity index (χ4v) is 7.32. The van der Waals surface area contributed by atoms with Crippen LogP contribution >= 0.6 is 11.8 Å². The molecule has 0 aliphatic heterocycles. The number of aliphatic hydroxyl groups excluding tert-OH is 3. The lowest BCUT2D eigenvalue weighted by Gasteiger charge is -2.22. The van der Waals surface area contributed by atoms with Crippen molar-refractivity contribution in [3.63, 3.8) is 0 Å². The van der Waals surface area contributed by atoms with Gasteiger partial charge in [-0.1, -0.05) is 182 Å². The summed E-state index contributed by atoms with van der Waals surface area (Å²) in [6.07, 6.45) is 44.9. The van der Waals surface area contributed by atoms with Crippen LogP contribution in [0.4, 0.5) is 0 Å². The van der Waals surface area contributed by atoms with Gasteiger partial charge in [-0.05, 0) is 103 Å². The van der Waals surface area contributed by atoms with E-state index in [4.69, 9.17) is 19.7 Å². The maximum atomic E-state index is 12.8. The molecule has 8 heteroatoms. The average Bonchev–Trinajstić information content (AvgIpc) is 3.23. The Balaban J connectivity index is -0.00000119. The molecule has 0 aromatic rings. The van der Waals surface area contributed by atoms with E-state index in [1.54, 1.807) is 11.8 Å². The Hall–Kier alpha value is -0.380. The SMILES string of the molecule is CCCCCCCCC(CCCCCC)C(=O)OCCCCCCN(CCCCO)CCCCCCO.CCCCCCCCCOC(O)CCCCCCC.CSC. The number of hydrogen-bond donors (Lipinski definition) is 3. The number of ether oxygens (including phenoxy) is 2. The van der Waals surface area contributed by atoms with Crippen molar-refractivity contribution in [2.45, 2.75) is 259 Å². The molecule has 0 aromatic carbocycles. The Morgan fingerprint density at radius 1 is 0.458 bits per heavy atom. The summed E-state index contributed by atoms with van der Waals surface area (Å²) in [7, 11) is 0. The van der Waals surface area contributed by atoms with E-state index in [-0.39, 0.29) is 18.5 Å². The molecule has 0 saturated heterocycles. The molecule has 0 saturated carbocycles. The van der Waals surface area contributed by atoms with E-state index in [2.05, 4.69) is 32.6 Å². The van der Waals surface area contributed by atoms with Crippen LogP contribution < -0.4 is 0 Å². The molecule has 0 rings (SSSR count). The quantitative estimate of drug-likeness (QED) is 0.0316. The van der Waals surface area contributed by atoms with Crippen LogP contribution in [-0.4, -0.2) is 91.1 Å². The molecule has 0 amide bonds. The van der Waals surface area contributed by atoms with Crippen LogP contribution in [0.1, 0.15) is 252 Å². The minimum Gasteiger partial charge on any atom is -0.465 e. The van der Waals surface area contributed by atoms with E-state index in [0.29, 0.717) is 13.2 Å². The molecule has 0 fully saturated rings. The van der Waals surface area contributed by atoms with Gasteiger partial charge in [0.1, 0.15) is 0 Å². The molecule has 0 bridgehead atoms. The van der Waals surface area contributed by atoms with Gasteiger partial charge in [0, 0.05) is 19.8 Å². The maximum absolute atomic E-state index is 12.8. The molecule has 7 nitrogen and oxygen atoms in total. The van der Waals surface area contributed by atoms with Crippen LogP contribution in [0.3, 0.4) is 0 Å². The fourth-order valence-electron chi connectivity index (χ4n) is 7.32. The highest BCUT2D eigenvalue weighted by molar-refractivity contribution is 7.97. The molecule has 2 unspecified atom stereocenters. The van der Waals surface area contributed by atoms with Crippen molar-refractivity contribution < 1.29 is 29.6 Å². The topological polar surface area (TPSA) is 99.5 Å². The molecular formula is C51H107NO6S. The summed E-state index contributed by atoms with van der Waals surface area (Å²) >= 11 is 1.75. The lowest BCUT2D eigenvalue weighted by atomic mass is 9.94. The van der Waals surface area contributed by atoms with Crippen LogP contribution in [-0.2, 0) is 14.3 Å². The Morgan fingerprint density at radius 3 is 1.24 bits per heavy atom. The van der Waals surface area contributed by atoms with E-state index in [1.807, 2.05) is 12.5 Å². The Kier molecular flexibility index (Phi) is 61.4. The minimum atomic E-state index is -0.526. The second-order valence-electron chi connectivity index (χ2n) is 17.2. The van der Waals surface area contributed by atoms with E-state index in [0.717, 1.165) is 110 Å². The molecule has 0 aliphatic rings. The van der Waals surface area contributed by atoms with Crippen molar-refractivity contribution in [3.8, 4) is 0 Å². The van der Waals surface area contributed by atoms with E-state index in [9.17, 15) is 9.90 Å². The predicted octanol–water partition coefficient (Wildman–Crippen LogP) is 14.5. The van der Waals surface area contributed by atoms with Crippen LogP contribution in [0.5, 0.6) is 0 Å². The lowest BCUT2D eigenvalue weighted by Crippen LogP contribution is -2.27. The average molecular weight is 862 g/mol. The summed E-state index contributed by atoms with van der Waals surface area (Å²) in [5.74, 6) is 0.161. The second-order valence-corrected chi connectivity index (χ2v) is 18.0. The molecule has 358 valence electrons. The molecular weight excluding hydrogens is 755 g/mol. The number of aliphatic hydroxyl groups is 3. The van der Waals surface area contributed by atoms with Gasteiger partial charge in [-0.15, -0.1) is 0 Å². The molecule has 0 aliphatic carbocycles. The molecule has 0 radical (unpaired) electrons. The van der Waals surface area contributed by atoms with Crippen LogP contribution in [0.25, 0.3) is 0 Å². The molecule has 0 aromatic heterocycles. The number of rotatable bonds is 45. The zero-order valence-corrected chi connectivity index (χ0v) is 41.6. The molecule has 0 spiro atoms. The molecule has 0 heterocycles. The van der Waals surface area contributed by atoms with Gasteiger partial charge < -0.3 is 29.7 Å². The normalized spacial score (nSPS) is 12.2. The third-order valence-electron chi connectivity index (χ3n) is 11.1. The van der Waals surface area contributed by atoms with Gasteiger partial charge in [-0.3, -0.25) is 4.79 Å². The number of thioether (sulfide) groups is 1. The first-order chi connectivity index (χ1) is 28.9. The highest BCUT2D eigenvalue weighted by Gasteiger charge is 2.19. The zero-order valence-electron chi connectivity index (χ0n) is 40.8. The largest absolute Gasteiger partial charge is 0.465 e. The smallest absolute Gasteiger partial charge is 0.308 e. The summed E-state index contributed by atoms with van der Waals surface area (Å²) in [5, 5.41) is 27.7. The maximum Gasteiger partial charge on any atom is 0.308 e. The first-order valence-electron chi connectivity index (χ1n) is 25.7. The number of carbonyl (C=O) groups is 1. The van der Waals surface area contributed by atoms with E-state index >= 15 is 0 Å². The van der Waals surface area contributed by atoms with Crippen molar-refractivity contribution in [2.75, 3.05) is 58.6 Å². The van der Waals surface area contributed by atoms with Crippen molar-refractivity contribution in [3.05, 3.63) is 0 Å². The van der Waals surface area contributed by atoms with Crippen LogP contribution in [0.15, 0.2) is 0 Å². The molecule has 3 N–H and O–H groups in total. The fraction of sp³-hybridized carbons (Fsp3) is 0.980. The van der Waals surface area contributed by atoms with Gasteiger partial charge >= 0.3 is 5.97 Å². The Morgan fingerprint density at radius 2 is 0.780 bits per heavy atom. The summed E-state index contributed by atoms with van der Waals surface area (Å²) in [4.78, 5) is 15.3. The van der Waals surface area contributed by atoms with Gasteiger partial charge in [0.05, 0.1) is 12.5 Å². The Labute approximate surface area is 374 Å². The standard InChI is InChI=1S/C32H65NO4.C17H36O2.C2H6S/c1-3-5-7-9-10-16-24-31(23-15-8-6-4-2)32(36)37-30-22-14-12-18-26-33(27-19-21-29-35)25-17-11-13-20-28-34;1-3-5-7-9-10-12-14-16-19-17(18)15-13-11-8-6-4-2;1-3-2/h31,34-35H,3-30H2,1-2H3;17-18H,3-16H2,1-2H3;1-2H3. The predicted molar refractivity (Wildman–Crippen MR) is 261 cm³/mol. The number of unbranched alkanes of at least 4 members (excludes halogenated alkanes) is 25. The third kappa shape index (κ3) is 55.6. The van der Waals surface area contributed by atoms with Crippen LogP contribution in [0.2, 0.25) is 0 Å². The third-order valence-corrected chi connectivity index (χ3v) is 11.1. The van der Waals surface area contributed by atoms with Gasteiger partial charge in [0.15, 0.2) is 6.29 Å². The van der Waals surface area contributed by atoms with E-state index in [1.165, 1.54) is 141 Å². The highest BCUT2D eigenvalue weighted by atomic mass is 32.2. The minimum absolute atomic E-state index is 0.0568. The number of hydrogen-bond acceptors (Lipinski definition) is 8. The van der Waals surface area contributed by atoms with Gasteiger partial charge in [0.2, 0.25) is 0 Å². The Bertz CT molecular complexity index is 747. The van der Waals surface area contributed by atoms with Crippen molar-refractivity contribution in [1.29, 1.82) is 0 Å². The summed E-state index contributed by atoms with van der Waals surface area (Å²) < 4.78 is 11.2. The highest BCUT2D eigenvalue weighted by Crippen LogP contribution is 2.21. The summed E-state index contributed by atoms with van der Waals surface area (Å²) in [5.41, 5.74) is 0. The van der Waals surface area contributed by atoms with Crippen molar-refractivity contribution in [1.82, 2.24) is 4.90 Å². The van der Waals surface area contributed by atoms with Gasteiger partial charge in [0.25, 0.3) is 0 Å². The van der Waals surface area contributed by atoms with Gasteiger partial charge in [-0.25, -0.2) is 0 Å². The lowest BCUT2D eigenvalue weighted by molar-refractivity contribution is -0.149. The zero-order chi connectivity index (χ0) is 44.1. The first-order valence-corrected chi connectivity index (χ1v) is 27.4. The van der Waals surface area contributed by atoms with Crippen molar-refractivity contribution in [2.24, 2.45) is 5.92 Å². The van der Waals surface area contributed by atoms with Crippen LogP contribution in [0, 0.1) is 5.92 Å². The summed E-state index contributed by atoms with van der Waals surface area (Å²) in [6, 6.07) is 0. The second kappa shape index (κ2) is 57.6. The van der Waals surface area contributed by atoms with Gasteiger partial charge in [-0.2, -0.15) is 11.8 Å². The van der Waals surface area contributed by atoms with E-state index < -0.39 is 6.29 Å². The molecule has 2 atom stereocenters. The monoisotopic (exact) mass is 862 g/mol.